The molecule has 0 saturated carbocycles. The molecule has 0 aromatic carbocycles. The molecule has 2 rings (SSSR count). The molecule has 0 fully saturated rings. The number of thioether (sulfide) groups is 1. The van der Waals surface area contributed by atoms with Crippen molar-refractivity contribution >= 4 is 39.2 Å². The Labute approximate surface area is 144 Å². The van der Waals surface area contributed by atoms with Gasteiger partial charge in [0.25, 0.3) is 5.56 Å². The normalized spacial score (nSPS) is 11.4. The predicted octanol–water partition coefficient (Wildman–Crippen LogP) is 2.96. The quantitative estimate of drug-likeness (QED) is 0.640. The van der Waals surface area contributed by atoms with Crippen molar-refractivity contribution in [2.75, 3.05) is 12.3 Å². The van der Waals surface area contributed by atoms with Crippen molar-refractivity contribution in [1.82, 2.24) is 14.9 Å². The number of aromatic nitrogens is 2. The third kappa shape index (κ3) is 3.95. The van der Waals surface area contributed by atoms with Crippen molar-refractivity contribution in [1.29, 1.82) is 0 Å². The average molecular weight is 354 g/mol. The first-order valence-corrected chi connectivity index (χ1v) is 9.55. The van der Waals surface area contributed by atoms with E-state index in [0.717, 1.165) is 15.3 Å². The molecule has 0 atom stereocenters. The SMILES string of the molecule is CCn1c(SCC(=O)NCC(C)C)nc2sc(C)c(C)c2c1=O. The second kappa shape index (κ2) is 7.49. The maximum Gasteiger partial charge on any atom is 0.263 e. The van der Waals surface area contributed by atoms with E-state index in [4.69, 9.17) is 0 Å². The van der Waals surface area contributed by atoms with Crippen molar-refractivity contribution < 1.29 is 4.79 Å². The van der Waals surface area contributed by atoms with Crippen molar-refractivity contribution in [2.24, 2.45) is 5.92 Å². The molecule has 0 saturated heterocycles. The van der Waals surface area contributed by atoms with Gasteiger partial charge in [0.05, 0.1) is 11.1 Å². The van der Waals surface area contributed by atoms with Gasteiger partial charge in [0.15, 0.2) is 5.16 Å². The van der Waals surface area contributed by atoms with Crippen molar-refractivity contribution in [3.05, 3.63) is 20.8 Å². The molecule has 1 amide bonds. The van der Waals surface area contributed by atoms with Gasteiger partial charge in [-0.25, -0.2) is 4.98 Å². The van der Waals surface area contributed by atoms with Crippen LogP contribution in [-0.4, -0.2) is 27.8 Å². The molecule has 7 heteroatoms. The molecule has 0 aliphatic rings. The van der Waals surface area contributed by atoms with E-state index in [-0.39, 0.29) is 17.2 Å². The molecule has 2 aromatic rings. The lowest BCUT2D eigenvalue weighted by Crippen LogP contribution is -2.29. The number of hydrogen-bond donors (Lipinski definition) is 1. The van der Waals surface area contributed by atoms with Crippen LogP contribution < -0.4 is 10.9 Å². The van der Waals surface area contributed by atoms with Gasteiger partial charge in [-0.05, 0) is 32.3 Å². The lowest BCUT2D eigenvalue weighted by atomic mass is 10.2. The standard InChI is InChI=1S/C16H23N3O2S2/c1-6-19-15(21)13-10(4)11(5)23-14(13)18-16(19)22-8-12(20)17-7-9(2)3/h9H,6-8H2,1-5H3,(H,17,20). The molecule has 5 nitrogen and oxygen atoms in total. The van der Waals surface area contributed by atoms with E-state index in [1.165, 1.54) is 23.1 Å². The minimum absolute atomic E-state index is 0.00978. The first-order chi connectivity index (χ1) is 10.8. The van der Waals surface area contributed by atoms with E-state index in [9.17, 15) is 9.59 Å². The second-order valence-corrected chi connectivity index (χ2v) is 8.04. The minimum Gasteiger partial charge on any atom is -0.355 e. The Bertz CT molecular complexity index is 778. The molecule has 0 unspecified atom stereocenters. The zero-order valence-electron chi connectivity index (χ0n) is 14.2. The van der Waals surface area contributed by atoms with Crippen LogP contribution in [0, 0.1) is 19.8 Å². The molecule has 23 heavy (non-hydrogen) atoms. The number of hydrogen-bond acceptors (Lipinski definition) is 5. The highest BCUT2D eigenvalue weighted by Crippen LogP contribution is 2.28. The molecule has 0 spiro atoms. The number of carbonyl (C=O) groups is 1. The minimum atomic E-state index is -0.0285. The Hall–Kier alpha value is -1.34. The summed E-state index contributed by atoms with van der Waals surface area (Å²) < 4.78 is 1.65. The van der Waals surface area contributed by atoms with Crippen LogP contribution in [0.3, 0.4) is 0 Å². The van der Waals surface area contributed by atoms with Gasteiger partial charge in [0.1, 0.15) is 4.83 Å². The average Bonchev–Trinajstić information content (AvgIpc) is 2.78. The Morgan fingerprint density at radius 2 is 2.09 bits per heavy atom. The summed E-state index contributed by atoms with van der Waals surface area (Å²) >= 11 is 2.86. The molecular weight excluding hydrogens is 330 g/mol. The molecule has 126 valence electrons. The van der Waals surface area contributed by atoms with Crippen LogP contribution in [0.2, 0.25) is 0 Å². The maximum atomic E-state index is 12.7. The first-order valence-electron chi connectivity index (χ1n) is 7.75. The molecule has 0 bridgehead atoms. The number of carbonyl (C=O) groups excluding carboxylic acids is 1. The summed E-state index contributed by atoms with van der Waals surface area (Å²) in [7, 11) is 0. The topological polar surface area (TPSA) is 64.0 Å². The number of rotatable bonds is 6. The highest BCUT2D eigenvalue weighted by molar-refractivity contribution is 7.99. The first kappa shape index (κ1) is 18.0. The van der Waals surface area contributed by atoms with Crippen molar-refractivity contribution in [2.45, 2.75) is 46.3 Å². The maximum absolute atomic E-state index is 12.7. The summed E-state index contributed by atoms with van der Waals surface area (Å²) in [6, 6.07) is 0. The van der Waals surface area contributed by atoms with Gasteiger partial charge in [0.2, 0.25) is 5.91 Å². The van der Waals surface area contributed by atoms with Crippen molar-refractivity contribution in [3.8, 4) is 0 Å². The molecule has 1 N–H and O–H groups in total. The summed E-state index contributed by atoms with van der Waals surface area (Å²) in [5.74, 6) is 0.664. The number of aryl methyl sites for hydroxylation is 2. The molecule has 2 aromatic heterocycles. The van der Waals surface area contributed by atoms with Crippen LogP contribution in [0.4, 0.5) is 0 Å². The van der Waals surface area contributed by atoms with E-state index < -0.39 is 0 Å². The second-order valence-electron chi connectivity index (χ2n) is 5.89. The lowest BCUT2D eigenvalue weighted by Gasteiger charge is -2.11. The molecular formula is C16H23N3O2S2. The number of thiophene rings is 1. The van der Waals surface area contributed by atoms with Crippen LogP contribution in [-0.2, 0) is 11.3 Å². The molecule has 0 aliphatic carbocycles. The van der Waals surface area contributed by atoms with Gasteiger partial charge in [-0.1, -0.05) is 25.6 Å². The molecule has 0 radical (unpaired) electrons. The van der Waals surface area contributed by atoms with E-state index in [1.54, 1.807) is 4.57 Å². The number of fused-ring (bicyclic) bond motifs is 1. The van der Waals surface area contributed by atoms with Gasteiger partial charge in [-0.2, -0.15) is 0 Å². The summed E-state index contributed by atoms with van der Waals surface area (Å²) in [5.41, 5.74) is 1.00. The third-order valence-corrected chi connectivity index (χ3v) is 5.69. The Morgan fingerprint density at radius 1 is 1.39 bits per heavy atom. The van der Waals surface area contributed by atoms with Gasteiger partial charge in [-0.15, -0.1) is 11.3 Å². The predicted molar refractivity (Wildman–Crippen MR) is 97.6 cm³/mol. The molecule has 0 aliphatic heterocycles. The largest absolute Gasteiger partial charge is 0.355 e. The zero-order chi connectivity index (χ0) is 17.1. The summed E-state index contributed by atoms with van der Waals surface area (Å²) in [5, 5.41) is 4.21. The van der Waals surface area contributed by atoms with Crippen LogP contribution >= 0.6 is 23.1 Å². The number of nitrogens with one attached hydrogen (secondary N) is 1. The highest BCUT2D eigenvalue weighted by atomic mass is 32.2. The fraction of sp³-hybridized carbons (Fsp3) is 0.562. The van der Waals surface area contributed by atoms with Crippen molar-refractivity contribution in [3.63, 3.8) is 0 Å². The van der Waals surface area contributed by atoms with Gasteiger partial charge < -0.3 is 5.32 Å². The highest BCUT2D eigenvalue weighted by Gasteiger charge is 2.16. The van der Waals surface area contributed by atoms with Gasteiger partial charge >= 0.3 is 0 Å². The number of amides is 1. The van der Waals surface area contributed by atoms with Crippen LogP contribution in [0.25, 0.3) is 10.2 Å². The van der Waals surface area contributed by atoms with Crippen LogP contribution in [0.15, 0.2) is 9.95 Å². The summed E-state index contributed by atoms with van der Waals surface area (Å²) in [6.45, 7) is 11.2. The van der Waals surface area contributed by atoms with E-state index in [0.29, 0.717) is 29.6 Å². The summed E-state index contributed by atoms with van der Waals surface area (Å²) in [4.78, 5) is 31.1. The van der Waals surface area contributed by atoms with Gasteiger partial charge in [-0.3, -0.25) is 14.2 Å². The van der Waals surface area contributed by atoms with Crippen LogP contribution in [0.5, 0.6) is 0 Å². The lowest BCUT2D eigenvalue weighted by molar-refractivity contribution is -0.118. The van der Waals surface area contributed by atoms with Gasteiger partial charge in [0, 0.05) is 18.0 Å². The fourth-order valence-corrected chi connectivity index (χ4v) is 4.16. The van der Waals surface area contributed by atoms with Crippen LogP contribution in [0.1, 0.15) is 31.2 Å². The zero-order valence-corrected chi connectivity index (χ0v) is 15.9. The Kier molecular flexibility index (Phi) is 5.86. The fourth-order valence-electron chi connectivity index (χ4n) is 2.20. The van der Waals surface area contributed by atoms with E-state index in [1.807, 2.05) is 20.8 Å². The molecule has 2 heterocycles. The van der Waals surface area contributed by atoms with E-state index >= 15 is 0 Å². The van der Waals surface area contributed by atoms with E-state index in [2.05, 4.69) is 24.1 Å². The monoisotopic (exact) mass is 353 g/mol. The number of nitrogens with zero attached hydrogens (tertiary/aromatic N) is 2. The third-order valence-electron chi connectivity index (χ3n) is 3.61. The Balaban J connectivity index is 2.27. The Morgan fingerprint density at radius 3 is 2.70 bits per heavy atom. The smallest absolute Gasteiger partial charge is 0.263 e. The summed E-state index contributed by atoms with van der Waals surface area (Å²) in [6.07, 6.45) is 0.